The topological polar surface area (TPSA) is 172 Å². The van der Waals surface area contributed by atoms with Crippen molar-refractivity contribution in [2.24, 2.45) is 5.92 Å². The number of carbonyl (C=O) groups excluding carboxylic acids is 1. The molecule has 12 nitrogen and oxygen atoms in total. The summed E-state index contributed by atoms with van der Waals surface area (Å²) < 4.78 is 25.6. The fourth-order valence-electron chi connectivity index (χ4n) is 2.68. The van der Waals surface area contributed by atoms with Crippen LogP contribution in [0.4, 0.5) is 10.3 Å². The molecular weight excluding hydrogens is 432 g/mol. The molecule has 0 spiro atoms. The van der Waals surface area contributed by atoms with E-state index in [9.17, 15) is 19.1 Å². The Labute approximate surface area is 167 Å². The quantitative estimate of drug-likeness (QED) is 0.362. The normalized spacial score (nSPS) is 25.1. The second-order valence-electron chi connectivity index (χ2n) is 6.67. The van der Waals surface area contributed by atoms with Gasteiger partial charge in [-0.2, -0.15) is 4.98 Å². The molecule has 1 aliphatic heterocycles. The van der Waals surface area contributed by atoms with Crippen molar-refractivity contribution in [1.29, 1.82) is 0 Å². The van der Waals surface area contributed by atoms with Crippen LogP contribution in [-0.4, -0.2) is 65.3 Å². The number of nitrogens with zero attached hydrogens (tertiary/aromatic N) is 3. The molecule has 5 N–H and O–H groups in total. The molecule has 0 aliphatic carbocycles. The highest BCUT2D eigenvalue weighted by Crippen LogP contribution is 2.39. The molecule has 0 saturated carbocycles. The number of nitrogens with one attached hydrogen (secondary N) is 2. The molecular formula is C14H19FN5O7PS. The summed E-state index contributed by atoms with van der Waals surface area (Å²) in [5.74, 6) is -0.903. The summed E-state index contributed by atoms with van der Waals surface area (Å²) in [6, 6.07) is 0. The smallest absolute Gasteiger partial charge is 0.321 e. The summed E-state index contributed by atoms with van der Waals surface area (Å²) in [7, 11) is 0. The Bertz CT molecular complexity index is 1020. The number of fused-ring (bicyclic) bond motifs is 1. The van der Waals surface area contributed by atoms with Gasteiger partial charge in [0.1, 0.15) is 12.2 Å². The number of hydrogen-bond acceptors (Lipinski definition) is 8. The van der Waals surface area contributed by atoms with Gasteiger partial charge in [-0.15, -0.1) is 0 Å². The largest absolute Gasteiger partial charge is 0.385 e. The van der Waals surface area contributed by atoms with Crippen LogP contribution in [-0.2, 0) is 25.9 Å². The van der Waals surface area contributed by atoms with E-state index in [-0.39, 0.29) is 28.9 Å². The van der Waals surface area contributed by atoms with Crippen molar-refractivity contribution in [3.8, 4) is 0 Å². The van der Waals surface area contributed by atoms with Gasteiger partial charge in [-0.05, 0) is 11.8 Å². The third-order valence-corrected chi connectivity index (χ3v) is 4.97. The molecule has 4 unspecified atom stereocenters. The minimum atomic E-state index is -4.03. The lowest BCUT2D eigenvalue weighted by Gasteiger charge is -2.17. The summed E-state index contributed by atoms with van der Waals surface area (Å²) in [6.07, 6.45) is -5.18. The van der Waals surface area contributed by atoms with Gasteiger partial charge >= 0.3 is 6.72 Å². The SMILES string of the molecule is CC(C)C(=O)Nc1nc2c(ncn2C2OC(COP(O)(O)=S)C(F)C2O)c(=O)[nH]1. The maximum Gasteiger partial charge on any atom is 0.321 e. The second-order valence-corrected chi connectivity index (χ2v) is 9.34. The van der Waals surface area contributed by atoms with Gasteiger partial charge in [0, 0.05) is 5.92 Å². The van der Waals surface area contributed by atoms with Crippen molar-refractivity contribution >= 4 is 41.5 Å². The van der Waals surface area contributed by atoms with Crippen LogP contribution in [0.5, 0.6) is 0 Å². The van der Waals surface area contributed by atoms with Crippen LogP contribution >= 0.6 is 6.72 Å². The molecule has 3 heterocycles. The number of ether oxygens (including phenoxy) is 1. The van der Waals surface area contributed by atoms with Crippen LogP contribution in [0.2, 0.25) is 0 Å². The molecule has 0 bridgehead atoms. The van der Waals surface area contributed by atoms with Gasteiger partial charge < -0.3 is 24.2 Å². The molecule has 1 aliphatic rings. The fraction of sp³-hybridized carbons (Fsp3) is 0.571. The molecule has 2 aromatic rings. The van der Waals surface area contributed by atoms with E-state index in [1.807, 2.05) is 0 Å². The monoisotopic (exact) mass is 451 g/mol. The molecule has 15 heteroatoms. The number of aliphatic hydroxyl groups excluding tert-OH is 1. The van der Waals surface area contributed by atoms with Crippen molar-refractivity contribution < 1.29 is 33.3 Å². The molecule has 2 aromatic heterocycles. The van der Waals surface area contributed by atoms with Crippen molar-refractivity contribution in [3.05, 3.63) is 16.7 Å². The standard InChI is InChI=1S/C14H19FN5O7PS/c1-5(2)11(22)18-14-17-10-8(12(23)19-14)16-4-20(10)13-9(21)7(15)6(27-13)3-26-28(24,25)29/h4-7,9,13,21H,3H2,1-2H3,(H2,24,25,29)(H2,17,18,19,22,23). The maximum absolute atomic E-state index is 14.4. The summed E-state index contributed by atoms with van der Waals surface area (Å²) >= 11 is 4.30. The van der Waals surface area contributed by atoms with Crippen molar-refractivity contribution in [3.63, 3.8) is 0 Å². The number of H-pyrrole nitrogens is 1. The third-order valence-electron chi connectivity index (χ3n) is 4.17. The highest BCUT2D eigenvalue weighted by molar-refractivity contribution is 8.06. The summed E-state index contributed by atoms with van der Waals surface area (Å²) in [6.45, 7) is -1.32. The average Bonchev–Trinajstić information content (AvgIpc) is 3.15. The zero-order valence-electron chi connectivity index (χ0n) is 15.2. The van der Waals surface area contributed by atoms with E-state index in [4.69, 9.17) is 14.5 Å². The first-order chi connectivity index (χ1) is 13.5. The maximum atomic E-state index is 14.4. The van der Waals surface area contributed by atoms with Gasteiger partial charge in [0.2, 0.25) is 11.9 Å². The Morgan fingerprint density at radius 3 is 2.86 bits per heavy atom. The predicted molar refractivity (Wildman–Crippen MR) is 101 cm³/mol. The fourth-order valence-corrected chi connectivity index (χ4v) is 3.20. The minimum Gasteiger partial charge on any atom is -0.385 e. The van der Waals surface area contributed by atoms with E-state index in [0.717, 1.165) is 10.9 Å². The molecule has 0 radical (unpaired) electrons. The first-order valence-corrected chi connectivity index (χ1v) is 11.1. The van der Waals surface area contributed by atoms with Crippen LogP contribution in [0.1, 0.15) is 20.1 Å². The Kier molecular flexibility index (Phi) is 6.15. The Balaban J connectivity index is 1.91. The number of aliphatic hydroxyl groups is 1. The molecule has 29 heavy (non-hydrogen) atoms. The molecule has 1 amide bonds. The Morgan fingerprint density at radius 1 is 1.55 bits per heavy atom. The number of amides is 1. The number of hydrogen-bond donors (Lipinski definition) is 5. The lowest BCUT2D eigenvalue weighted by molar-refractivity contribution is -0.118. The van der Waals surface area contributed by atoms with E-state index in [1.165, 1.54) is 0 Å². The number of aromatic amines is 1. The van der Waals surface area contributed by atoms with Gasteiger partial charge in [-0.3, -0.25) is 24.5 Å². The number of carbonyl (C=O) groups is 1. The second kappa shape index (κ2) is 8.14. The number of rotatable bonds is 6. The van der Waals surface area contributed by atoms with Gasteiger partial charge in [0.15, 0.2) is 23.6 Å². The number of imidazole rings is 1. The minimum absolute atomic E-state index is 0.0555. The molecule has 3 rings (SSSR count). The van der Waals surface area contributed by atoms with Crippen LogP contribution < -0.4 is 10.9 Å². The third kappa shape index (κ3) is 4.69. The number of halogens is 1. The van der Waals surface area contributed by atoms with Crippen LogP contribution in [0.3, 0.4) is 0 Å². The molecule has 1 saturated heterocycles. The van der Waals surface area contributed by atoms with Crippen LogP contribution in [0.15, 0.2) is 11.1 Å². The lowest BCUT2D eigenvalue weighted by Crippen LogP contribution is -2.30. The summed E-state index contributed by atoms with van der Waals surface area (Å²) in [4.78, 5) is 52.7. The predicted octanol–water partition coefficient (Wildman–Crippen LogP) is -0.464. The van der Waals surface area contributed by atoms with E-state index in [1.54, 1.807) is 13.8 Å². The highest BCUT2D eigenvalue weighted by Gasteiger charge is 2.46. The Hall–Kier alpha value is -1.80. The first-order valence-electron chi connectivity index (χ1n) is 8.43. The Morgan fingerprint density at radius 2 is 2.24 bits per heavy atom. The lowest BCUT2D eigenvalue weighted by atomic mass is 10.1. The number of anilines is 1. The van der Waals surface area contributed by atoms with Crippen molar-refractivity contribution in [2.45, 2.75) is 38.5 Å². The zero-order chi connectivity index (χ0) is 21.5. The van der Waals surface area contributed by atoms with E-state index in [0.29, 0.717) is 0 Å². The van der Waals surface area contributed by atoms with Crippen molar-refractivity contribution in [1.82, 2.24) is 19.5 Å². The summed E-state index contributed by atoms with van der Waals surface area (Å²) in [5, 5.41) is 12.7. The summed E-state index contributed by atoms with van der Waals surface area (Å²) in [5.41, 5.74) is -0.821. The molecule has 4 atom stereocenters. The average molecular weight is 451 g/mol. The van der Waals surface area contributed by atoms with Gasteiger partial charge in [-0.1, -0.05) is 13.8 Å². The van der Waals surface area contributed by atoms with Crippen molar-refractivity contribution in [2.75, 3.05) is 11.9 Å². The zero-order valence-corrected chi connectivity index (χ0v) is 16.9. The molecule has 1 fully saturated rings. The van der Waals surface area contributed by atoms with Gasteiger partial charge in [0.05, 0.1) is 12.9 Å². The van der Waals surface area contributed by atoms with E-state index in [2.05, 4.69) is 36.6 Å². The molecule has 0 aromatic carbocycles. The van der Waals surface area contributed by atoms with E-state index < -0.39 is 43.5 Å². The van der Waals surface area contributed by atoms with Crippen LogP contribution in [0.25, 0.3) is 11.2 Å². The number of alkyl halides is 1. The van der Waals surface area contributed by atoms with Gasteiger partial charge in [-0.25, -0.2) is 9.37 Å². The van der Waals surface area contributed by atoms with Crippen LogP contribution in [0, 0.1) is 5.92 Å². The first kappa shape index (κ1) is 21.9. The molecule has 160 valence electrons. The van der Waals surface area contributed by atoms with E-state index >= 15 is 0 Å². The van der Waals surface area contributed by atoms with Gasteiger partial charge in [0.25, 0.3) is 5.56 Å². The number of aromatic nitrogens is 4. The highest BCUT2D eigenvalue weighted by atomic mass is 32.5.